The monoisotopic (exact) mass is 557 g/mol. The summed E-state index contributed by atoms with van der Waals surface area (Å²) in [6.07, 6.45) is 1.09. The summed E-state index contributed by atoms with van der Waals surface area (Å²) in [5.74, 6) is 0.685. The molecule has 1 saturated heterocycles. The third kappa shape index (κ3) is 4.09. The number of fused-ring (bicyclic) bond motifs is 4. The van der Waals surface area contributed by atoms with Gasteiger partial charge in [0.2, 0.25) is 5.91 Å². The van der Waals surface area contributed by atoms with Crippen LogP contribution >= 0.6 is 47.8 Å². The van der Waals surface area contributed by atoms with Crippen LogP contribution in [0.25, 0.3) is 0 Å². The van der Waals surface area contributed by atoms with Crippen LogP contribution in [-0.4, -0.2) is 35.0 Å². The molecule has 8 heteroatoms. The Kier molecular flexibility index (Phi) is 5.60. The Morgan fingerprint density at radius 2 is 1.85 bits per heavy atom. The number of carbonyl (C=O) groups is 1. The van der Waals surface area contributed by atoms with E-state index in [4.69, 9.17) is 0 Å². The van der Waals surface area contributed by atoms with E-state index in [0.29, 0.717) is 18.4 Å². The topological polar surface area (TPSA) is 54.3 Å². The second kappa shape index (κ2) is 7.81. The Morgan fingerprint density at radius 1 is 1.11 bits per heavy atom. The van der Waals surface area contributed by atoms with Crippen LogP contribution in [0.4, 0.5) is 5.69 Å². The molecule has 5 nitrogen and oxygen atoms in total. The lowest BCUT2D eigenvalue weighted by Crippen LogP contribution is -2.49. The minimum Gasteiger partial charge on any atom is -0.323 e. The number of piperidine rings is 1. The van der Waals surface area contributed by atoms with E-state index >= 15 is 0 Å². The molecule has 1 N–H and O–H groups in total. The van der Waals surface area contributed by atoms with Gasteiger partial charge in [-0.05, 0) is 62.4 Å². The number of amides is 1. The van der Waals surface area contributed by atoms with Crippen LogP contribution in [0, 0.1) is 5.92 Å². The predicted molar refractivity (Wildman–Crippen MR) is 116 cm³/mol. The lowest BCUT2D eigenvalue weighted by molar-refractivity contribution is -0.118. The maximum Gasteiger partial charge on any atom is 0.250 e. The van der Waals surface area contributed by atoms with Crippen molar-refractivity contribution in [1.29, 1.82) is 0 Å². The second-order valence-electron chi connectivity index (χ2n) is 7.18. The number of pyridine rings is 1. The smallest absolute Gasteiger partial charge is 0.250 e. The molecule has 2 bridgehead atoms. The predicted octanol–water partition coefficient (Wildman–Crippen LogP) is 4.19. The molecule has 0 spiro atoms. The van der Waals surface area contributed by atoms with E-state index in [2.05, 4.69) is 58.0 Å². The molecule has 2 aliphatic rings. The number of aromatic nitrogens is 1. The number of hydrogen-bond donors (Lipinski definition) is 1. The van der Waals surface area contributed by atoms with Crippen LogP contribution in [-0.2, 0) is 11.3 Å². The summed E-state index contributed by atoms with van der Waals surface area (Å²) in [5.41, 5.74) is 1.91. The second-order valence-corrected chi connectivity index (χ2v) is 9.81. The van der Waals surface area contributed by atoms with Crippen LogP contribution in [0.3, 0.4) is 0 Å². The molecular formula is C19H18Br3N3O2. The first-order valence-electron chi connectivity index (χ1n) is 8.77. The summed E-state index contributed by atoms with van der Waals surface area (Å²) in [5, 5.41) is 3.00. The van der Waals surface area contributed by atoms with Crippen molar-refractivity contribution >= 4 is 59.4 Å². The molecule has 1 aromatic carbocycles. The van der Waals surface area contributed by atoms with Crippen LogP contribution < -0.4 is 10.9 Å². The summed E-state index contributed by atoms with van der Waals surface area (Å²) in [6, 6.07) is 9.31. The van der Waals surface area contributed by atoms with Crippen molar-refractivity contribution in [3.8, 4) is 0 Å². The van der Waals surface area contributed by atoms with E-state index in [1.54, 1.807) is 6.07 Å². The highest BCUT2D eigenvalue weighted by atomic mass is 79.9. The van der Waals surface area contributed by atoms with Gasteiger partial charge < -0.3 is 9.88 Å². The Labute approximate surface area is 182 Å². The maximum atomic E-state index is 12.6. The van der Waals surface area contributed by atoms with Crippen LogP contribution in [0.1, 0.15) is 18.0 Å². The highest BCUT2D eigenvalue weighted by Gasteiger charge is 2.35. The molecule has 2 aromatic rings. The number of anilines is 1. The number of carbonyl (C=O) groups excluding carboxylic acids is 1. The Morgan fingerprint density at radius 3 is 2.59 bits per heavy atom. The number of nitrogens with zero attached hydrogens (tertiary/aromatic N) is 2. The quantitative estimate of drug-likeness (QED) is 0.613. The van der Waals surface area contributed by atoms with Crippen LogP contribution in [0.2, 0.25) is 0 Å². The summed E-state index contributed by atoms with van der Waals surface area (Å²) < 4.78 is 4.48. The Hall–Kier alpha value is -0.960. The first-order chi connectivity index (χ1) is 12.9. The fourth-order valence-electron chi connectivity index (χ4n) is 4.17. The van der Waals surface area contributed by atoms with Gasteiger partial charge >= 0.3 is 0 Å². The summed E-state index contributed by atoms with van der Waals surface area (Å²) in [6.45, 7) is 2.73. The molecule has 142 valence electrons. The van der Waals surface area contributed by atoms with E-state index in [-0.39, 0.29) is 11.5 Å². The molecule has 2 atom stereocenters. The van der Waals surface area contributed by atoms with Gasteiger partial charge in [0, 0.05) is 50.7 Å². The van der Waals surface area contributed by atoms with Crippen molar-refractivity contribution in [2.45, 2.75) is 18.9 Å². The lowest BCUT2D eigenvalue weighted by Gasteiger charge is -2.42. The molecular weight excluding hydrogens is 542 g/mol. The van der Waals surface area contributed by atoms with Crippen molar-refractivity contribution < 1.29 is 4.79 Å². The average Bonchev–Trinajstić information content (AvgIpc) is 2.59. The molecule has 0 saturated carbocycles. The van der Waals surface area contributed by atoms with Gasteiger partial charge in [0.25, 0.3) is 5.56 Å². The lowest BCUT2D eigenvalue weighted by atomic mass is 9.83. The SMILES string of the molecule is O=C(CN1C[C@@H]2C[C@@H](C1)c1cccc(=O)n1C2)Nc1c(Br)cc(Br)cc1Br. The fraction of sp³-hybridized carbons (Fsp3) is 0.368. The van der Waals surface area contributed by atoms with Crippen molar-refractivity contribution in [1.82, 2.24) is 9.47 Å². The molecule has 2 aliphatic heterocycles. The number of hydrogen-bond acceptors (Lipinski definition) is 3. The van der Waals surface area contributed by atoms with Crippen molar-refractivity contribution in [2.24, 2.45) is 5.92 Å². The Bertz CT molecular complexity index is 936. The number of benzene rings is 1. The fourth-order valence-corrected chi connectivity index (χ4v) is 6.63. The standard InChI is InChI=1S/C19H18Br3N3O2/c20-13-5-14(21)19(15(22)6-13)23-17(26)10-24-7-11-4-12(9-24)16-2-1-3-18(27)25(16)8-11/h1-3,5-6,11-12H,4,7-10H2,(H,23,26)/t11-,12-/m0/s1. The zero-order valence-electron chi connectivity index (χ0n) is 14.4. The van der Waals surface area contributed by atoms with Gasteiger partial charge in [0.05, 0.1) is 12.2 Å². The zero-order chi connectivity index (χ0) is 19.1. The molecule has 0 aliphatic carbocycles. The van der Waals surface area contributed by atoms with Gasteiger partial charge in [-0.25, -0.2) is 0 Å². The first kappa shape index (κ1) is 19.4. The summed E-state index contributed by atoms with van der Waals surface area (Å²) in [7, 11) is 0. The zero-order valence-corrected chi connectivity index (χ0v) is 19.2. The Balaban J connectivity index is 1.46. The molecule has 27 heavy (non-hydrogen) atoms. The molecule has 1 aromatic heterocycles. The minimum atomic E-state index is -0.0378. The van der Waals surface area contributed by atoms with E-state index in [0.717, 1.165) is 50.9 Å². The third-order valence-electron chi connectivity index (χ3n) is 5.19. The van der Waals surface area contributed by atoms with Crippen molar-refractivity contribution in [2.75, 3.05) is 25.0 Å². The van der Waals surface area contributed by atoms with E-state index in [9.17, 15) is 9.59 Å². The number of rotatable bonds is 3. The highest BCUT2D eigenvalue weighted by molar-refractivity contribution is 9.11. The molecule has 3 heterocycles. The largest absolute Gasteiger partial charge is 0.323 e. The van der Waals surface area contributed by atoms with E-state index < -0.39 is 0 Å². The van der Waals surface area contributed by atoms with Gasteiger partial charge in [0.15, 0.2) is 0 Å². The van der Waals surface area contributed by atoms with Crippen molar-refractivity contribution in [3.63, 3.8) is 0 Å². The molecule has 1 fully saturated rings. The maximum absolute atomic E-state index is 12.6. The van der Waals surface area contributed by atoms with Gasteiger partial charge in [0.1, 0.15) is 0 Å². The first-order valence-corrected chi connectivity index (χ1v) is 11.1. The number of halogens is 3. The van der Waals surface area contributed by atoms with E-state index in [1.165, 1.54) is 0 Å². The van der Waals surface area contributed by atoms with Crippen LogP contribution in [0.15, 0.2) is 48.5 Å². The third-order valence-corrected chi connectivity index (χ3v) is 6.90. The van der Waals surface area contributed by atoms with Crippen molar-refractivity contribution in [3.05, 3.63) is 59.8 Å². The summed E-state index contributed by atoms with van der Waals surface area (Å²) >= 11 is 10.4. The highest BCUT2D eigenvalue weighted by Crippen LogP contribution is 2.36. The number of likely N-dealkylation sites (tertiary alicyclic amines) is 1. The molecule has 1 amide bonds. The molecule has 4 rings (SSSR count). The van der Waals surface area contributed by atoms with Gasteiger partial charge in [-0.2, -0.15) is 0 Å². The van der Waals surface area contributed by atoms with Gasteiger partial charge in [-0.3, -0.25) is 14.5 Å². The molecule has 0 radical (unpaired) electrons. The minimum absolute atomic E-state index is 0.0378. The average molecular weight is 560 g/mol. The van der Waals surface area contributed by atoms with Gasteiger partial charge in [-0.15, -0.1) is 0 Å². The van der Waals surface area contributed by atoms with Crippen LogP contribution in [0.5, 0.6) is 0 Å². The normalized spacial score (nSPS) is 21.6. The molecule has 0 unspecified atom stereocenters. The van der Waals surface area contributed by atoms with E-state index in [1.807, 2.05) is 28.8 Å². The summed E-state index contributed by atoms with van der Waals surface area (Å²) in [4.78, 5) is 27.0. The number of nitrogens with one attached hydrogen (secondary N) is 1. The van der Waals surface area contributed by atoms with Gasteiger partial charge in [-0.1, -0.05) is 22.0 Å².